The van der Waals surface area contributed by atoms with Gasteiger partial charge in [0.2, 0.25) is 5.91 Å². The third-order valence-electron chi connectivity index (χ3n) is 3.97. The first kappa shape index (κ1) is 13.8. The van der Waals surface area contributed by atoms with Gasteiger partial charge in [0, 0.05) is 6.54 Å². The van der Waals surface area contributed by atoms with Crippen molar-refractivity contribution in [2.24, 2.45) is 5.92 Å². The summed E-state index contributed by atoms with van der Waals surface area (Å²) in [6.45, 7) is 5.58. The molecule has 0 aliphatic carbocycles. The molecule has 1 unspecified atom stereocenters. The van der Waals surface area contributed by atoms with Crippen LogP contribution in [0.5, 0.6) is 0 Å². The Balaban J connectivity index is 1.86. The quantitative estimate of drug-likeness (QED) is 0.906. The number of hydrogen-bond acceptors (Lipinski definition) is 3. The van der Waals surface area contributed by atoms with Gasteiger partial charge in [0.05, 0.1) is 28.7 Å². The van der Waals surface area contributed by atoms with Gasteiger partial charge in [-0.2, -0.15) is 5.10 Å². The molecule has 1 atom stereocenters. The molecule has 2 aromatic rings. The van der Waals surface area contributed by atoms with Gasteiger partial charge in [-0.3, -0.25) is 4.79 Å². The van der Waals surface area contributed by atoms with Gasteiger partial charge in [0.25, 0.3) is 0 Å². The van der Waals surface area contributed by atoms with Crippen molar-refractivity contribution in [3.05, 3.63) is 41.7 Å². The van der Waals surface area contributed by atoms with Crippen LogP contribution >= 0.6 is 0 Å². The van der Waals surface area contributed by atoms with E-state index in [9.17, 15) is 4.79 Å². The number of amides is 1. The normalized spacial score (nSPS) is 17.9. The number of para-hydroxylation sites is 1. The summed E-state index contributed by atoms with van der Waals surface area (Å²) >= 11 is 0. The van der Waals surface area contributed by atoms with Crippen molar-refractivity contribution < 1.29 is 4.79 Å². The molecule has 0 spiro atoms. The first-order valence-electron chi connectivity index (χ1n) is 7.30. The maximum atomic E-state index is 12.3. The fraction of sp³-hybridized carbons (Fsp3) is 0.375. The molecule has 0 bridgehead atoms. The topological polar surface area (TPSA) is 59.0 Å². The fourth-order valence-corrected chi connectivity index (χ4v) is 2.75. The van der Waals surface area contributed by atoms with Crippen LogP contribution in [0.25, 0.3) is 5.69 Å². The van der Waals surface area contributed by atoms with Crippen molar-refractivity contribution >= 4 is 11.6 Å². The second-order valence-electron chi connectivity index (χ2n) is 5.47. The molecule has 1 aromatic heterocycles. The Morgan fingerprint density at radius 1 is 1.33 bits per heavy atom. The van der Waals surface area contributed by atoms with E-state index in [4.69, 9.17) is 0 Å². The van der Waals surface area contributed by atoms with E-state index >= 15 is 0 Å². The highest BCUT2D eigenvalue weighted by Crippen LogP contribution is 2.24. The molecule has 0 radical (unpaired) electrons. The molecule has 1 amide bonds. The van der Waals surface area contributed by atoms with Gasteiger partial charge in [-0.15, -0.1) is 0 Å². The fourth-order valence-electron chi connectivity index (χ4n) is 2.75. The Hall–Kier alpha value is -2.14. The molecule has 110 valence electrons. The third kappa shape index (κ3) is 2.69. The van der Waals surface area contributed by atoms with Crippen LogP contribution in [0.1, 0.15) is 17.8 Å². The second kappa shape index (κ2) is 5.69. The molecule has 3 rings (SSSR count). The second-order valence-corrected chi connectivity index (χ2v) is 5.47. The summed E-state index contributed by atoms with van der Waals surface area (Å²) in [7, 11) is 0. The molecule has 1 fully saturated rings. The van der Waals surface area contributed by atoms with Crippen LogP contribution in [0.15, 0.2) is 30.3 Å². The zero-order valence-electron chi connectivity index (χ0n) is 12.4. The number of carbonyl (C=O) groups is 1. The molecule has 1 saturated heterocycles. The Kier molecular flexibility index (Phi) is 3.75. The largest absolute Gasteiger partial charge is 0.323 e. The molecule has 0 saturated carbocycles. The highest BCUT2D eigenvalue weighted by Gasteiger charge is 2.24. The number of hydrogen-bond donors (Lipinski definition) is 2. The van der Waals surface area contributed by atoms with E-state index in [0.29, 0.717) is 0 Å². The maximum Gasteiger partial charge on any atom is 0.228 e. The van der Waals surface area contributed by atoms with Crippen LogP contribution in [-0.2, 0) is 4.79 Å². The van der Waals surface area contributed by atoms with E-state index in [-0.39, 0.29) is 11.8 Å². The Morgan fingerprint density at radius 3 is 2.76 bits per heavy atom. The van der Waals surface area contributed by atoms with Crippen LogP contribution in [0.3, 0.4) is 0 Å². The zero-order valence-corrected chi connectivity index (χ0v) is 12.4. The number of carbonyl (C=O) groups excluding carboxylic acids is 1. The molecule has 1 aliphatic rings. The van der Waals surface area contributed by atoms with Crippen LogP contribution in [0, 0.1) is 19.8 Å². The molecule has 2 heterocycles. The molecule has 21 heavy (non-hydrogen) atoms. The van der Waals surface area contributed by atoms with Crippen LogP contribution in [0.2, 0.25) is 0 Å². The van der Waals surface area contributed by atoms with E-state index in [0.717, 1.165) is 42.3 Å². The Labute approximate surface area is 124 Å². The number of nitrogens with zero attached hydrogens (tertiary/aromatic N) is 2. The molecule has 5 heteroatoms. The van der Waals surface area contributed by atoms with Gasteiger partial charge in [-0.1, -0.05) is 18.2 Å². The summed E-state index contributed by atoms with van der Waals surface area (Å²) in [5.74, 6) is 0.141. The lowest BCUT2D eigenvalue weighted by Crippen LogP contribution is -2.25. The minimum atomic E-state index is 0.0591. The molecular weight excluding hydrogens is 264 g/mol. The van der Waals surface area contributed by atoms with E-state index < -0.39 is 0 Å². The molecular formula is C16H20N4O. The molecule has 5 nitrogen and oxygen atoms in total. The lowest BCUT2D eigenvalue weighted by atomic mass is 10.1. The highest BCUT2D eigenvalue weighted by molar-refractivity contribution is 5.94. The van der Waals surface area contributed by atoms with Gasteiger partial charge < -0.3 is 10.6 Å². The van der Waals surface area contributed by atoms with Crippen molar-refractivity contribution in [1.82, 2.24) is 15.1 Å². The van der Waals surface area contributed by atoms with Crippen LogP contribution in [-0.4, -0.2) is 28.8 Å². The highest BCUT2D eigenvalue weighted by atomic mass is 16.1. The minimum absolute atomic E-state index is 0.0591. The summed E-state index contributed by atoms with van der Waals surface area (Å²) < 4.78 is 1.87. The van der Waals surface area contributed by atoms with E-state index in [1.54, 1.807) is 0 Å². The summed E-state index contributed by atoms with van der Waals surface area (Å²) in [6.07, 6.45) is 0.900. The lowest BCUT2D eigenvalue weighted by molar-refractivity contribution is -0.119. The first-order chi connectivity index (χ1) is 10.2. The number of aromatic nitrogens is 2. The van der Waals surface area contributed by atoms with Crippen LogP contribution in [0.4, 0.5) is 5.69 Å². The first-order valence-corrected chi connectivity index (χ1v) is 7.30. The summed E-state index contributed by atoms with van der Waals surface area (Å²) in [4.78, 5) is 12.3. The van der Waals surface area contributed by atoms with Gasteiger partial charge in [0.1, 0.15) is 0 Å². The number of rotatable bonds is 3. The Morgan fingerprint density at radius 2 is 2.10 bits per heavy atom. The number of nitrogens with one attached hydrogen (secondary N) is 2. The maximum absolute atomic E-state index is 12.3. The van der Waals surface area contributed by atoms with E-state index in [1.807, 2.05) is 48.9 Å². The average molecular weight is 284 g/mol. The standard InChI is InChI=1S/C16H20N4O/c1-11-15(18-16(21)13-8-9-17-10-13)12(2)20(19-11)14-6-4-3-5-7-14/h3-7,13,17H,8-10H2,1-2H3,(H,18,21). The third-order valence-corrected chi connectivity index (χ3v) is 3.97. The van der Waals surface area contributed by atoms with Gasteiger partial charge in [0.15, 0.2) is 0 Å². The zero-order chi connectivity index (χ0) is 14.8. The number of benzene rings is 1. The smallest absolute Gasteiger partial charge is 0.228 e. The number of anilines is 1. The predicted octanol–water partition coefficient (Wildman–Crippen LogP) is 2.04. The Bertz CT molecular complexity index is 642. The lowest BCUT2D eigenvalue weighted by Gasteiger charge is -2.10. The number of aryl methyl sites for hydroxylation is 1. The van der Waals surface area contributed by atoms with Crippen molar-refractivity contribution in [2.45, 2.75) is 20.3 Å². The van der Waals surface area contributed by atoms with Gasteiger partial charge in [-0.05, 0) is 38.9 Å². The van der Waals surface area contributed by atoms with E-state index in [1.165, 1.54) is 0 Å². The molecule has 2 N–H and O–H groups in total. The SMILES string of the molecule is Cc1nn(-c2ccccc2)c(C)c1NC(=O)C1CCNC1. The predicted molar refractivity (Wildman–Crippen MR) is 82.6 cm³/mol. The van der Waals surface area contributed by atoms with Gasteiger partial charge >= 0.3 is 0 Å². The molecule has 1 aliphatic heterocycles. The average Bonchev–Trinajstić information content (AvgIpc) is 3.12. The molecule has 1 aromatic carbocycles. The summed E-state index contributed by atoms with van der Waals surface area (Å²) in [5.41, 5.74) is 3.63. The van der Waals surface area contributed by atoms with Crippen molar-refractivity contribution in [3.8, 4) is 5.69 Å². The summed E-state index contributed by atoms with van der Waals surface area (Å²) in [5, 5.41) is 10.8. The van der Waals surface area contributed by atoms with Crippen molar-refractivity contribution in [3.63, 3.8) is 0 Å². The van der Waals surface area contributed by atoms with Gasteiger partial charge in [-0.25, -0.2) is 4.68 Å². The van der Waals surface area contributed by atoms with Crippen LogP contribution < -0.4 is 10.6 Å². The minimum Gasteiger partial charge on any atom is -0.323 e. The summed E-state index contributed by atoms with van der Waals surface area (Å²) in [6, 6.07) is 9.95. The van der Waals surface area contributed by atoms with E-state index in [2.05, 4.69) is 15.7 Å². The monoisotopic (exact) mass is 284 g/mol. The van der Waals surface area contributed by atoms with Crippen molar-refractivity contribution in [2.75, 3.05) is 18.4 Å². The van der Waals surface area contributed by atoms with Crippen molar-refractivity contribution in [1.29, 1.82) is 0 Å².